The first-order valence-electron chi connectivity index (χ1n) is 27.7. The Bertz CT molecular complexity index is 4250. The molecule has 12 rings (SSSR count). The molecule has 0 fully saturated rings. The summed E-state index contributed by atoms with van der Waals surface area (Å²) in [5.41, 5.74) is 12.5. The molecule has 11 aromatic rings. The van der Waals surface area contributed by atoms with Gasteiger partial charge in [-0.3, -0.25) is 4.57 Å². The van der Waals surface area contributed by atoms with E-state index in [9.17, 15) is 2.74 Å². The minimum absolute atomic E-state index is 0.0130. The molecule has 0 aliphatic carbocycles. The largest absolute Gasteiger partial charge is 0.457 e. The summed E-state index contributed by atoms with van der Waals surface area (Å²) in [6.45, 7) is 24.7. The molecule has 5 nitrogen and oxygen atoms in total. The van der Waals surface area contributed by atoms with Crippen LogP contribution in [0.2, 0.25) is 0 Å². The Balaban J connectivity index is 1.05. The summed E-state index contributed by atoms with van der Waals surface area (Å²) in [4.78, 5) is 7.40. The van der Waals surface area contributed by atoms with E-state index in [-0.39, 0.29) is 22.2 Å². The van der Waals surface area contributed by atoms with Crippen molar-refractivity contribution in [3.05, 3.63) is 204 Å². The summed E-state index contributed by atoms with van der Waals surface area (Å²) in [6.07, 6.45) is 0.389. The molecule has 0 unspecified atom stereocenters. The molecule has 0 N–H and O–H groups in total. The van der Waals surface area contributed by atoms with Gasteiger partial charge in [-0.15, -0.1) is 0 Å². The van der Waals surface area contributed by atoms with Crippen molar-refractivity contribution in [3.8, 4) is 28.4 Å². The van der Waals surface area contributed by atoms with Gasteiger partial charge in [0, 0.05) is 53.9 Å². The third-order valence-corrected chi connectivity index (χ3v) is 15.3. The van der Waals surface area contributed by atoms with Crippen molar-refractivity contribution in [2.45, 2.75) is 105 Å². The van der Waals surface area contributed by atoms with Gasteiger partial charge in [-0.1, -0.05) is 185 Å². The predicted molar refractivity (Wildman–Crippen MR) is 319 cm³/mol. The number of nitrogens with zero attached hydrogens (tertiary/aromatic N) is 4. The molecule has 0 atom stereocenters. The van der Waals surface area contributed by atoms with Crippen LogP contribution in [0.4, 0.5) is 11.4 Å². The summed E-state index contributed by atoms with van der Waals surface area (Å²) < 4.78 is 30.6. The number of rotatable bonds is 7. The van der Waals surface area contributed by atoms with Crippen LogP contribution in [-0.4, -0.2) is 14.1 Å². The number of fused-ring (bicyclic) bond motifs is 10. The van der Waals surface area contributed by atoms with Crippen molar-refractivity contribution in [1.29, 1.82) is 0 Å². The monoisotopic (exact) mass is 983 g/mol. The molecule has 0 saturated heterocycles. The topological polar surface area (TPSA) is 35.2 Å². The molecule has 0 amide bonds. The molecular weight excluding hydrogens is 913 g/mol. The zero-order valence-electron chi connectivity index (χ0n) is 47.3. The standard InChI is InChI=1S/C70H68N4O/c1-44(2)35-45-36-46(38-49(37-45)70(9,10)11)53-25-17-26-59-56-23-14-12-21-54(56)55-22-13-15-24-57(55)60-27-18-28-63-67(60)73(66(53)59)43-72(63)50-19-16-20-51(41-50)75-52-30-31-58-61-39-47(68(3,4)5)29-32-62(61)74(64(58)42-52)65-40-48(33-34-71-65)69(6,7)8/h12-34,36-42,44H,35,43H2,1-11H3/i35D2. The van der Waals surface area contributed by atoms with Gasteiger partial charge in [-0.25, -0.2) is 4.98 Å². The van der Waals surface area contributed by atoms with Crippen LogP contribution in [0.5, 0.6) is 11.5 Å². The number of ether oxygens (including phenoxy) is 1. The molecule has 75 heavy (non-hydrogen) atoms. The van der Waals surface area contributed by atoms with Crippen molar-refractivity contribution in [2.75, 3.05) is 4.90 Å². The molecule has 1 aliphatic rings. The maximum Gasteiger partial charge on any atom is 0.137 e. The highest BCUT2D eigenvalue weighted by Crippen LogP contribution is 2.46. The second kappa shape index (κ2) is 17.9. The zero-order valence-corrected chi connectivity index (χ0v) is 45.3. The normalized spacial score (nSPS) is 13.7. The molecule has 4 heterocycles. The van der Waals surface area contributed by atoms with E-state index in [1.807, 2.05) is 26.1 Å². The van der Waals surface area contributed by atoms with Crippen LogP contribution < -0.4 is 9.64 Å². The Morgan fingerprint density at radius 3 is 1.80 bits per heavy atom. The van der Waals surface area contributed by atoms with E-state index in [2.05, 4.69) is 246 Å². The Morgan fingerprint density at radius 2 is 1.12 bits per heavy atom. The number of aromatic nitrogens is 3. The molecule has 0 saturated carbocycles. The van der Waals surface area contributed by atoms with Gasteiger partial charge in [0.25, 0.3) is 0 Å². The van der Waals surface area contributed by atoms with Crippen LogP contribution in [0.25, 0.3) is 82.1 Å². The Kier molecular flexibility index (Phi) is 10.9. The molecule has 0 bridgehead atoms. The highest BCUT2D eigenvalue weighted by atomic mass is 16.5. The highest BCUT2D eigenvalue weighted by molar-refractivity contribution is 6.22. The van der Waals surface area contributed by atoms with Crippen LogP contribution in [0.3, 0.4) is 0 Å². The third kappa shape index (κ3) is 8.57. The minimum atomic E-state index is -1.54. The molecule has 3 aromatic heterocycles. The van der Waals surface area contributed by atoms with Gasteiger partial charge >= 0.3 is 0 Å². The molecular formula is C70H68N4O. The van der Waals surface area contributed by atoms with Crippen LogP contribution in [0, 0.1) is 5.92 Å². The molecule has 374 valence electrons. The summed E-state index contributed by atoms with van der Waals surface area (Å²) in [6, 6.07) is 63.7. The smallest absolute Gasteiger partial charge is 0.137 e. The van der Waals surface area contributed by atoms with Crippen LogP contribution in [-0.2, 0) is 29.3 Å². The fraction of sp³-hybridized carbons (Fsp3) is 0.243. The van der Waals surface area contributed by atoms with Gasteiger partial charge in [0.1, 0.15) is 24.0 Å². The SMILES string of the molecule is [2H]C([2H])(c1cc(-c2cccc3c4ccccc4c4ccccc4c4cccc5c4n(c23)CN5c2cccc(Oc3ccc4c5cc(C(C)(C)C)ccc5n(-c5cc(C(C)(C)C)ccn5)c4c3)c2)cc(C(C)(C)C)c1)C(C)C. The second-order valence-electron chi connectivity index (χ2n) is 24.1. The summed E-state index contributed by atoms with van der Waals surface area (Å²) >= 11 is 0. The van der Waals surface area contributed by atoms with Crippen molar-refractivity contribution in [2.24, 2.45) is 5.92 Å². The maximum atomic E-state index is 9.42. The first kappa shape index (κ1) is 45.7. The number of anilines is 2. The Labute approximate surface area is 445 Å². The maximum absolute atomic E-state index is 9.42. The van der Waals surface area contributed by atoms with Gasteiger partial charge in [-0.05, 0) is 132 Å². The molecule has 8 aromatic carbocycles. The van der Waals surface area contributed by atoms with E-state index >= 15 is 0 Å². The highest BCUT2D eigenvalue weighted by Gasteiger charge is 2.27. The fourth-order valence-corrected chi connectivity index (χ4v) is 11.4. The molecule has 0 radical (unpaired) electrons. The van der Waals surface area contributed by atoms with E-state index < -0.39 is 6.37 Å². The number of benzene rings is 8. The first-order valence-corrected chi connectivity index (χ1v) is 26.7. The quantitative estimate of drug-likeness (QED) is 0.160. The Morgan fingerprint density at radius 1 is 0.507 bits per heavy atom. The van der Waals surface area contributed by atoms with Gasteiger partial charge in [0.05, 0.1) is 27.8 Å². The fourth-order valence-electron chi connectivity index (χ4n) is 11.4. The van der Waals surface area contributed by atoms with E-state index in [0.29, 0.717) is 12.2 Å². The van der Waals surface area contributed by atoms with E-state index in [0.717, 1.165) is 89.0 Å². The third-order valence-electron chi connectivity index (χ3n) is 15.3. The van der Waals surface area contributed by atoms with Crippen LogP contribution in [0.1, 0.15) is 101 Å². The minimum Gasteiger partial charge on any atom is -0.457 e. The lowest BCUT2D eigenvalue weighted by atomic mass is 9.83. The summed E-state index contributed by atoms with van der Waals surface area (Å²) in [5.74, 6) is 2.13. The van der Waals surface area contributed by atoms with E-state index in [1.165, 1.54) is 32.7 Å². The van der Waals surface area contributed by atoms with Gasteiger partial charge in [0.2, 0.25) is 0 Å². The van der Waals surface area contributed by atoms with E-state index in [4.69, 9.17) is 9.72 Å². The lowest BCUT2D eigenvalue weighted by Crippen LogP contribution is -2.15. The van der Waals surface area contributed by atoms with Gasteiger partial charge in [0.15, 0.2) is 0 Å². The van der Waals surface area contributed by atoms with Crippen molar-refractivity contribution in [3.63, 3.8) is 0 Å². The van der Waals surface area contributed by atoms with Crippen molar-refractivity contribution in [1.82, 2.24) is 14.1 Å². The average molecular weight is 983 g/mol. The van der Waals surface area contributed by atoms with Gasteiger partial charge in [-0.2, -0.15) is 0 Å². The van der Waals surface area contributed by atoms with Crippen LogP contribution in [0.15, 0.2) is 182 Å². The molecule has 0 spiro atoms. The van der Waals surface area contributed by atoms with Crippen molar-refractivity contribution >= 4 is 76.5 Å². The average Bonchev–Trinajstić information content (AvgIpc) is 4.11. The number of hydrogen-bond acceptors (Lipinski definition) is 3. The second-order valence-corrected chi connectivity index (χ2v) is 24.1. The van der Waals surface area contributed by atoms with Gasteiger partial charge < -0.3 is 14.2 Å². The first-order chi connectivity index (χ1) is 36.6. The number of hydrogen-bond donors (Lipinski definition) is 0. The van der Waals surface area contributed by atoms with Crippen LogP contribution >= 0.6 is 0 Å². The molecule has 5 heteroatoms. The van der Waals surface area contributed by atoms with E-state index in [1.54, 1.807) is 0 Å². The van der Waals surface area contributed by atoms with Crippen molar-refractivity contribution < 1.29 is 7.48 Å². The lowest BCUT2D eigenvalue weighted by molar-refractivity contribution is 0.483. The zero-order chi connectivity index (χ0) is 53.9. The lowest BCUT2D eigenvalue weighted by Gasteiger charge is -2.23. The number of pyridine rings is 1. The molecule has 1 aliphatic heterocycles. The summed E-state index contributed by atoms with van der Waals surface area (Å²) in [7, 11) is 0. The Hall–Kier alpha value is -7.89. The summed E-state index contributed by atoms with van der Waals surface area (Å²) in [5, 5.41) is 9.26. The number of para-hydroxylation sites is 2. The predicted octanol–water partition coefficient (Wildman–Crippen LogP) is 19.4.